The van der Waals surface area contributed by atoms with Crippen LogP contribution in [0.1, 0.15) is 11.3 Å². The van der Waals surface area contributed by atoms with E-state index in [1.54, 1.807) is 11.3 Å². The van der Waals surface area contributed by atoms with Crippen molar-refractivity contribution >= 4 is 23.0 Å². The van der Waals surface area contributed by atoms with Crippen LogP contribution < -0.4 is 11.3 Å². The molecule has 6 heteroatoms. The third kappa shape index (κ3) is 1.61. The van der Waals surface area contributed by atoms with Crippen molar-refractivity contribution in [3.8, 4) is 0 Å². The zero-order chi connectivity index (χ0) is 9.97. The lowest BCUT2D eigenvalue weighted by molar-refractivity contribution is -0.131. The summed E-state index contributed by atoms with van der Waals surface area (Å²) >= 11 is 1.57. The number of thiophene rings is 1. The van der Waals surface area contributed by atoms with E-state index in [-0.39, 0.29) is 5.91 Å². The summed E-state index contributed by atoms with van der Waals surface area (Å²) in [4.78, 5) is 17.1. The average Bonchev–Trinajstić information content (AvgIpc) is 2.86. The molecule has 0 radical (unpaired) electrons. The zero-order valence-corrected chi connectivity index (χ0v) is 8.08. The number of carbonyl (C=O) groups excluding carboxylic acids is 1. The molecule has 1 aromatic heterocycles. The molecule has 74 valence electrons. The van der Waals surface area contributed by atoms with E-state index in [4.69, 9.17) is 10.7 Å². The minimum absolute atomic E-state index is 0.347. The number of oxime groups is 1. The summed E-state index contributed by atoms with van der Waals surface area (Å²) in [7, 11) is 0. The maximum atomic E-state index is 11.1. The number of nitrogens with zero attached hydrogens (tertiary/aromatic N) is 1. The fourth-order valence-corrected chi connectivity index (χ4v) is 1.92. The Kier molecular flexibility index (Phi) is 2.47. The van der Waals surface area contributed by atoms with Crippen LogP contribution in [0.2, 0.25) is 0 Å². The molecule has 2 heterocycles. The fourth-order valence-electron chi connectivity index (χ4n) is 1.20. The van der Waals surface area contributed by atoms with Crippen LogP contribution in [0.25, 0.3) is 0 Å². The van der Waals surface area contributed by atoms with Crippen molar-refractivity contribution in [3.05, 3.63) is 22.4 Å². The molecule has 0 spiro atoms. The lowest BCUT2D eigenvalue weighted by atomic mass is 10.1. The molecule has 1 aliphatic heterocycles. The van der Waals surface area contributed by atoms with Crippen LogP contribution in [0.3, 0.4) is 0 Å². The van der Waals surface area contributed by atoms with Crippen LogP contribution in [0.5, 0.6) is 0 Å². The molecule has 0 fully saturated rings. The second-order valence-electron chi connectivity index (χ2n) is 2.82. The quantitative estimate of drug-likeness (QED) is 0.417. The molecule has 0 aromatic carbocycles. The van der Waals surface area contributed by atoms with Crippen molar-refractivity contribution in [1.82, 2.24) is 5.43 Å². The molecule has 14 heavy (non-hydrogen) atoms. The van der Waals surface area contributed by atoms with E-state index in [1.165, 1.54) is 0 Å². The van der Waals surface area contributed by atoms with Gasteiger partial charge in [0.1, 0.15) is 5.71 Å². The SMILES string of the molecule is NNC(=O)C1CC(c2cccs2)=NO1. The van der Waals surface area contributed by atoms with E-state index >= 15 is 0 Å². The molecule has 1 atom stereocenters. The average molecular weight is 211 g/mol. The van der Waals surface area contributed by atoms with Gasteiger partial charge in [0, 0.05) is 6.42 Å². The normalized spacial score (nSPS) is 20.1. The molecular formula is C8H9N3O2S. The van der Waals surface area contributed by atoms with Crippen molar-refractivity contribution in [3.63, 3.8) is 0 Å². The maximum absolute atomic E-state index is 11.1. The monoisotopic (exact) mass is 211 g/mol. The van der Waals surface area contributed by atoms with Gasteiger partial charge in [0.05, 0.1) is 4.88 Å². The standard InChI is InChI=1S/C8H9N3O2S/c9-10-8(12)6-4-5(11-13-6)7-2-1-3-14-7/h1-3,6H,4,9H2,(H,10,12). The van der Waals surface area contributed by atoms with Crippen molar-refractivity contribution in [2.45, 2.75) is 12.5 Å². The van der Waals surface area contributed by atoms with Gasteiger partial charge >= 0.3 is 0 Å². The number of carbonyl (C=O) groups is 1. The smallest absolute Gasteiger partial charge is 0.278 e. The third-order valence-corrected chi connectivity index (χ3v) is 2.83. The molecule has 0 saturated carbocycles. The van der Waals surface area contributed by atoms with Crippen LogP contribution in [0.15, 0.2) is 22.7 Å². The minimum atomic E-state index is -0.586. The molecule has 1 amide bonds. The molecule has 3 N–H and O–H groups in total. The van der Waals surface area contributed by atoms with Crippen molar-refractivity contribution in [2.24, 2.45) is 11.0 Å². The number of nitrogens with one attached hydrogen (secondary N) is 1. The van der Waals surface area contributed by atoms with Gasteiger partial charge in [-0.15, -0.1) is 11.3 Å². The van der Waals surface area contributed by atoms with E-state index < -0.39 is 6.10 Å². The van der Waals surface area contributed by atoms with Crippen molar-refractivity contribution in [2.75, 3.05) is 0 Å². The van der Waals surface area contributed by atoms with Crippen molar-refractivity contribution in [1.29, 1.82) is 0 Å². The topological polar surface area (TPSA) is 76.7 Å². The second kappa shape index (κ2) is 3.77. The summed E-state index contributed by atoms with van der Waals surface area (Å²) in [6, 6.07) is 3.87. The minimum Gasteiger partial charge on any atom is -0.382 e. The fraction of sp³-hybridized carbons (Fsp3) is 0.250. The van der Waals surface area contributed by atoms with E-state index in [2.05, 4.69) is 5.16 Å². The maximum Gasteiger partial charge on any atom is 0.278 e. The Balaban J connectivity index is 2.04. The molecule has 5 nitrogen and oxygen atoms in total. The van der Waals surface area contributed by atoms with Crippen LogP contribution >= 0.6 is 11.3 Å². The summed E-state index contributed by atoms with van der Waals surface area (Å²) in [6.45, 7) is 0. The lowest BCUT2D eigenvalue weighted by Crippen LogP contribution is -2.39. The van der Waals surface area contributed by atoms with Gasteiger partial charge in [0.2, 0.25) is 6.10 Å². The summed E-state index contributed by atoms with van der Waals surface area (Å²) in [5.74, 6) is 4.64. The first kappa shape index (κ1) is 9.17. The summed E-state index contributed by atoms with van der Waals surface area (Å²) in [6.07, 6.45) is -0.110. The molecule has 0 saturated heterocycles. The number of amides is 1. The summed E-state index contributed by atoms with van der Waals surface area (Å²) in [5.41, 5.74) is 2.84. The number of hydrogen-bond donors (Lipinski definition) is 2. The van der Waals surface area contributed by atoms with Crippen LogP contribution in [0, 0.1) is 0 Å². The molecule has 0 aliphatic carbocycles. The van der Waals surface area contributed by atoms with E-state index in [1.807, 2.05) is 22.9 Å². The van der Waals surface area contributed by atoms with Gasteiger partial charge < -0.3 is 4.84 Å². The lowest BCUT2D eigenvalue weighted by Gasteiger charge is -2.04. The number of hydrogen-bond acceptors (Lipinski definition) is 5. The van der Waals surface area contributed by atoms with Gasteiger partial charge in [-0.3, -0.25) is 10.2 Å². The Morgan fingerprint density at radius 1 is 1.79 bits per heavy atom. The van der Waals surface area contributed by atoms with Crippen LogP contribution in [-0.4, -0.2) is 17.7 Å². The first-order valence-corrected chi connectivity index (χ1v) is 4.96. The Labute approximate surface area is 84.5 Å². The van der Waals surface area contributed by atoms with E-state index in [0.29, 0.717) is 6.42 Å². The highest BCUT2D eigenvalue weighted by Gasteiger charge is 2.28. The molecule has 2 rings (SSSR count). The highest BCUT2D eigenvalue weighted by Crippen LogP contribution is 2.19. The van der Waals surface area contributed by atoms with Crippen molar-refractivity contribution < 1.29 is 9.63 Å². The zero-order valence-electron chi connectivity index (χ0n) is 7.27. The predicted octanol–water partition coefficient (Wildman–Crippen LogP) is 0.231. The Bertz CT molecular complexity index is 361. The van der Waals surface area contributed by atoms with Crippen LogP contribution in [-0.2, 0) is 9.63 Å². The van der Waals surface area contributed by atoms with Gasteiger partial charge in [-0.2, -0.15) is 0 Å². The highest BCUT2D eigenvalue weighted by atomic mass is 32.1. The number of nitrogens with two attached hydrogens (primary N) is 1. The predicted molar refractivity (Wildman–Crippen MR) is 52.7 cm³/mol. The largest absolute Gasteiger partial charge is 0.382 e. The van der Waals surface area contributed by atoms with E-state index in [9.17, 15) is 4.79 Å². The van der Waals surface area contributed by atoms with Gasteiger partial charge in [-0.1, -0.05) is 11.2 Å². The van der Waals surface area contributed by atoms with Gasteiger partial charge in [0.25, 0.3) is 5.91 Å². The molecular weight excluding hydrogens is 202 g/mol. The molecule has 0 bridgehead atoms. The first-order valence-electron chi connectivity index (χ1n) is 4.08. The third-order valence-electron chi connectivity index (χ3n) is 1.91. The van der Waals surface area contributed by atoms with Gasteiger partial charge in [-0.25, -0.2) is 5.84 Å². The highest BCUT2D eigenvalue weighted by molar-refractivity contribution is 7.12. The summed E-state index contributed by atoms with van der Waals surface area (Å²) in [5, 5.41) is 5.79. The van der Waals surface area contributed by atoms with Crippen LogP contribution in [0.4, 0.5) is 0 Å². The van der Waals surface area contributed by atoms with Gasteiger partial charge in [0.15, 0.2) is 0 Å². The Morgan fingerprint density at radius 3 is 3.29 bits per heavy atom. The molecule has 1 aliphatic rings. The number of hydrazine groups is 1. The van der Waals surface area contributed by atoms with Gasteiger partial charge in [-0.05, 0) is 11.4 Å². The van der Waals surface area contributed by atoms with E-state index in [0.717, 1.165) is 10.6 Å². The molecule has 1 unspecified atom stereocenters. The first-order chi connectivity index (χ1) is 6.81. The number of rotatable bonds is 2. The Morgan fingerprint density at radius 2 is 2.64 bits per heavy atom. The summed E-state index contributed by atoms with van der Waals surface area (Å²) < 4.78 is 0. The molecule has 1 aromatic rings. The second-order valence-corrected chi connectivity index (χ2v) is 3.77. The Hall–Kier alpha value is -1.40.